The van der Waals surface area contributed by atoms with Crippen molar-refractivity contribution in [2.75, 3.05) is 50.9 Å². The number of aliphatic hydroxyl groups is 1. The summed E-state index contributed by atoms with van der Waals surface area (Å²) in [4.78, 5) is 69.7. The second-order valence-corrected chi connectivity index (χ2v) is 28.1. The number of nitrogens with zero attached hydrogens (tertiary/aromatic N) is 7. The van der Waals surface area contributed by atoms with Gasteiger partial charge in [0, 0.05) is 36.9 Å². The zero-order chi connectivity index (χ0) is 57.6. The summed E-state index contributed by atoms with van der Waals surface area (Å²) in [6, 6.07) is 17.5. The maximum atomic E-state index is 17.4. The summed E-state index contributed by atoms with van der Waals surface area (Å²) in [7, 11) is 6.92. The average molecular weight is 1230 g/mol. The van der Waals surface area contributed by atoms with Crippen LogP contribution in [0.5, 0.6) is 11.8 Å². The number of pyridine rings is 1. The van der Waals surface area contributed by atoms with Crippen molar-refractivity contribution in [3.05, 3.63) is 88.9 Å². The molecular weight excluding hydrogens is 1160 g/mol. The van der Waals surface area contributed by atoms with E-state index in [1.165, 1.54) is 23.0 Å². The van der Waals surface area contributed by atoms with Crippen molar-refractivity contribution in [1.82, 2.24) is 40.4 Å². The second-order valence-electron chi connectivity index (χ2n) is 24.7. The number of nitrogens with one attached hydrogen (secondary N) is 2. The Bertz CT molecular complexity index is 3450. The fraction of sp³-hybridized carbons (Fsp3) is 0.517. The number of thiazole rings is 1. The third-order valence-corrected chi connectivity index (χ3v) is 20.2. The van der Waals surface area contributed by atoms with Crippen LogP contribution in [0.2, 0.25) is 0 Å². The number of β-amino-alcohol motifs (C(OH)–C–C–N with tert-alkyl or cyclic N) is 1. The molecule has 3 aromatic heterocycles. The molecule has 2 amide bonds. The third-order valence-electron chi connectivity index (χ3n) is 18.2. The van der Waals surface area contributed by atoms with Crippen LogP contribution in [0.4, 0.5) is 10.2 Å². The number of halogens is 1. The quantitative estimate of drug-likeness (QED) is 0.0528. The van der Waals surface area contributed by atoms with Gasteiger partial charge in [-0.25, -0.2) is 4.39 Å². The first-order chi connectivity index (χ1) is 38.4. The molecule has 5 unspecified atom stereocenters. The van der Waals surface area contributed by atoms with Crippen molar-refractivity contribution < 1.29 is 38.5 Å². The van der Waals surface area contributed by atoms with Gasteiger partial charge in [-0.05, 0) is 86.9 Å². The Hall–Kier alpha value is -5.34. The molecule has 2 bridgehead atoms. The summed E-state index contributed by atoms with van der Waals surface area (Å²) >= 11 is 2.89. The van der Waals surface area contributed by atoms with Crippen molar-refractivity contribution in [2.24, 2.45) is 11.1 Å². The first-order valence-corrected chi connectivity index (χ1v) is 30.3. The monoisotopic (exact) mass is 1230 g/mol. The molecule has 5 aliphatic rings. The van der Waals surface area contributed by atoms with Crippen molar-refractivity contribution in [3.8, 4) is 33.5 Å². The number of nitrogens with two attached hydrogens (primary N) is 1. The molecule has 424 valence electrons. The van der Waals surface area contributed by atoms with Gasteiger partial charge in [0.1, 0.15) is 29.4 Å². The Morgan fingerprint density at radius 1 is 1.01 bits per heavy atom. The van der Waals surface area contributed by atoms with Crippen LogP contribution in [0.15, 0.2) is 66.3 Å². The Morgan fingerprint density at radius 3 is 2.44 bits per heavy atom. The Kier molecular flexibility index (Phi) is 15.2. The number of ketones is 1. The van der Waals surface area contributed by atoms with Gasteiger partial charge < -0.3 is 20.1 Å². The first kappa shape index (κ1) is 57.5. The maximum absolute atomic E-state index is 17.4. The number of hydrogen-bond donors (Lipinski definition) is 5. The molecule has 4 radical (unpaired) electrons. The topological polar surface area (TPSA) is 221 Å². The van der Waals surface area contributed by atoms with Gasteiger partial charge in [-0.3, -0.25) is 9.88 Å². The van der Waals surface area contributed by atoms with Crippen molar-refractivity contribution in [2.45, 2.75) is 144 Å². The van der Waals surface area contributed by atoms with Gasteiger partial charge in [-0.2, -0.15) is 9.97 Å². The van der Waals surface area contributed by atoms with E-state index in [4.69, 9.17) is 38.0 Å². The van der Waals surface area contributed by atoms with E-state index in [9.17, 15) is 24.6 Å². The van der Waals surface area contributed by atoms with Gasteiger partial charge in [0.05, 0.1) is 10.9 Å². The molecule has 81 heavy (non-hydrogen) atoms. The van der Waals surface area contributed by atoms with E-state index in [-0.39, 0.29) is 61.2 Å². The Morgan fingerprint density at radius 2 is 1.75 bits per heavy atom. The number of aliphatic hydroxyl groups excluding tert-OH is 1. The molecule has 5 fully saturated rings. The summed E-state index contributed by atoms with van der Waals surface area (Å²) in [6.45, 7) is 14.7. The Balaban J connectivity index is 0.801. The molecule has 5 aliphatic heterocycles. The van der Waals surface area contributed by atoms with Gasteiger partial charge >= 0.3 is 255 Å². The number of rotatable bonds is 16. The van der Waals surface area contributed by atoms with Crippen LogP contribution in [0.25, 0.3) is 43.4 Å². The fourth-order valence-electron chi connectivity index (χ4n) is 13.6. The van der Waals surface area contributed by atoms with Crippen LogP contribution in [-0.2, 0) is 29.0 Å². The predicted molar refractivity (Wildman–Crippen MR) is 312 cm³/mol. The first-order valence-electron chi connectivity index (χ1n) is 28.2. The predicted octanol–water partition coefficient (Wildman–Crippen LogP) is 6.34. The van der Waals surface area contributed by atoms with Crippen LogP contribution in [0, 0.1) is 18.2 Å². The summed E-state index contributed by atoms with van der Waals surface area (Å²) in [5.41, 5.74) is 6.81. The molecule has 0 aliphatic carbocycles. The van der Waals surface area contributed by atoms with Gasteiger partial charge in [0.2, 0.25) is 0 Å². The number of phenolic OH excluding ortho intramolecular Hbond substituents is 1. The van der Waals surface area contributed by atoms with E-state index in [1.54, 1.807) is 55.9 Å². The van der Waals surface area contributed by atoms with Crippen LogP contribution in [0.1, 0.15) is 103 Å². The van der Waals surface area contributed by atoms with Crippen LogP contribution in [0.3, 0.4) is 0 Å². The summed E-state index contributed by atoms with van der Waals surface area (Å²) in [5.74, 6) is -2.30. The average Bonchev–Trinajstić information content (AvgIpc) is 4.34. The molecule has 3 aromatic carbocycles. The molecule has 21 heteroatoms. The third kappa shape index (κ3) is 10.2. The number of benzene rings is 3. The normalized spacial score (nSPS) is 26.2. The van der Waals surface area contributed by atoms with Gasteiger partial charge in [-0.15, -0.1) is 0 Å². The number of anilines is 1. The molecule has 6 N–H and O–H groups in total. The number of carbonyl (C=O) groups excluding carboxylic acids is 3. The van der Waals surface area contributed by atoms with Crippen molar-refractivity contribution >= 4 is 87.3 Å². The van der Waals surface area contributed by atoms with E-state index in [0.29, 0.717) is 42.7 Å². The van der Waals surface area contributed by atoms with Crippen molar-refractivity contribution in [3.63, 3.8) is 0 Å². The SMILES string of the molecule is [B]C1(C(=O)N[C](C)([Sb])c2ccc(-c3scnc3C)cc2)C[C@@H](O)CN1C(=O)C(N)(C(=O)COC[C@]1(C)CC[C@]2(COc3nc(N4CC5CCC(C4)N5)c4cnc(-c5cc(O)cc6cccc(CC)c56)c(F)c4n3)CCCN12)C(C)(C)C. The molecule has 5 saturated heterocycles. The molecule has 6 aromatic rings. The van der Waals surface area contributed by atoms with E-state index in [0.717, 1.165) is 81.6 Å². The number of fused-ring (bicyclic) bond motifs is 5. The second kappa shape index (κ2) is 21.4. The molecular formula is C60H71BFN10O7SSb. The number of piperazine rings is 1. The Labute approximate surface area is 491 Å². The zero-order valence-electron chi connectivity index (χ0n) is 47.1. The summed E-state index contributed by atoms with van der Waals surface area (Å²) < 4.78 is 29.6. The molecule has 11 rings (SSSR count). The number of Topliss-reactive ketones (excluding diaryl/α,β-unsaturated/α-hetero) is 1. The summed E-state index contributed by atoms with van der Waals surface area (Å²) in [5, 5.41) is 30.8. The summed E-state index contributed by atoms with van der Waals surface area (Å²) in [6.07, 6.45) is 6.14. The zero-order valence-corrected chi connectivity index (χ0v) is 50.5. The van der Waals surface area contributed by atoms with Crippen LogP contribution in [-0.4, -0.2) is 175 Å². The number of aromatic hydroxyl groups is 1. The van der Waals surface area contributed by atoms with Crippen LogP contribution < -0.4 is 26.0 Å². The number of ether oxygens (including phenoxy) is 2. The molecule has 0 spiro atoms. The minimum absolute atomic E-state index is 0.00603. The van der Waals surface area contributed by atoms with E-state index in [1.807, 2.05) is 63.2 Å². The number of carbonyl (C=O) groups is 3. The van der Waals surface area contributed by atoms with Gasteiger partial charge in [0.15, 0.2) is 5.82 Å². The number of aromatic nitrogens is 4. The van der Waals surface area contributed by atoms with Gasteiger partial charge in [0.25, 0.3) is 0 Å². The molecule has 8 heterocycles. The standard InChI is InChI=1S/C60H71BFN10O7S.Sb/c1-8-36-11-9-12-39-23-42(73)24-44(47(36)39)49-48(62)50-45(26-64-49)52(70-27-40-17-18-41(28-70)67-40)69-55(68-50)79-32-58-19-10-22-72(58)57(7,20-21-58)31-78-30-46(75)60(63,56(4,5)6)54(77)71-29-43(74)25-59(71,61)53(76)66-34(2)37-13-15-38(16-14-37)51-35(3)65-33-80-51;/h9,11-16,23-24,26,33,40-41,43,67,73-74H,8,10,17-22,25,27-32,63H2,1-7H3,(H,66,76);/t40?,41?,43-,57+,58+,59?,60?;/m1./s1. The number of likely N-dealkylation sites (tertiary alicyclic amines) is 1. The molecule has 0 saturated carbocycles. The van der Waals surface area contributed by atoms with E-state index >= 15 is 4.39 Å². The number of phenols is 1. The molecule has 8 atom stereocenters. The van der Waals surface area contributed by atoms with Crippen molar-refractivity contribution in [1.29, 1.82) is 0 Å². The minimum atomic E-state index is -2.21. The number of hydrogen-bond acceptors (Lipinski definition) is 16. The number of amides is 2. The van der Waals surface area contributed by atoms with E-state index < -0.39 is 67.1 Å². The van der Waals surface area contributed by atoms with Crippen LogP contribution >= 0.6 is 11.3 Å². The number of aryl methyl sites for hydroxylation is 2. The van der Waals surface area contributed by atoms with E-state index in [2.05, 4.69) is 32.3 Å². The fourth-order valence-corrected chi connectivity index (χ4v) is 15.1. The molecule has 17 nitrogen and oxygen atoms in total. The van der Waals surface area contributed by atoms with Gasteiger partial charge in [-0.1, -0.05) is 25.1 Å².